The highest BCUT2D eigenvalue weighted by atomic mass is 16.5. The van der Waals surface area contributed by atoms with Crippen molar-refractivity contribution in [2.75, 3.05) is 39.9 Å². The van der Waals surface area contributed by atoms with Crippen LogP contribution in [-0.4, -0.2) is 71.4 Å². The Balaban J connectivity index is 1.64. The van der Waals surface area contributed by atoms with Gasteiger partial charge in [-0.1, -0.05) is 18.2 Å². The molecule has 1 aromatic carbocycles. The number of carbonyl (C=O) groups is 1. The molecule has 7 nitrogen and oxygen atoms in total. The molecule has 25 heavy (non-hydrogen) atoms. The molecule has 2 bridgehead atoms. The smallest absolute Gasteiger partial charge is 0.272 e. The summed E-state index contributed by atoms with van der Waals surface area (Å²) < 4.78 is 7.13. The maximum absolute atomic E-state index is 13.1. The van der Waals surface area contributed by atoms with Gasteiger partial charge < -0.3 is 14.5 Å². The second kappa shape index (κ2) is 6.50. The van der Waals surface area contributed by atoms with E-state index in [4.69, 9.17) is 4.74 Å². The molecule has 1 amide bonds. The third-order valence-electron chi connectivity index (χ3n) is 4.88. The number of nitrogens with one attached hydrogen (secondary N) is 1. The van der Waals surface area contributed by atoms with Crippen LogP contribution in [0.1, 0.15) is 10.5 Å². The van der Waals surface area contributed by atoms with Gasteiger partial charge >= 0.3 is 0 Å². The van der Waals surface area contributed by atoms with E-state index in [-0.39, 0.29) is 17.5 Å². The second-order valence-corrected chi connectivity index (χ2v) is 6.92. The van der Waals surface area contributed by atoms with Gasteiger partial charge in [0.1, 0.15) is 5.69 Å². The normalized spacial score (nSPS) is 24.1. The molecule has 2 aliphatic heterocycles. The maximum Gasteiger partial charge on any atom is 0.272 e. The number of likely N-dealkylation sites (N-methyl/N-ethyl adjacent to an activating group) is 1. The van der Waals surface area contributed by atoms with Gasteiger partial charge in [-0.2, -0.15) is 0 Å². The predicted octanol–water partition coefficient (Wildman–Crippen LogP) is 0.568. The minimum absolute atomic E-state index is 0.00794. The molecular formula is C18H22N4O3. The number of hydrogen-bond donors (Lipinski definition) is 1. The molecule has 1 aromatic heterocycles. The first-order valence-electron chi connectivity index (χ1n) is 8.56. The number of para-hydroxylation sites is 1. The summed E-state index contributed by atoms with van der Waals surface area (Å²) in [5, 5.41) is 2.96. The van der Waals surface area contributed by atoms with Crippen LogP contribution in [0.25, 0.3) is 5.69 Å². The van der Waals surface area contributed by atoms with Gasteiger partial charge in [0.2, 0.25) is 0 Å². The van der Waals surface area contributed by atoms with Crippen LogP contribution in [-0.2, 0) is 4.74 Å². The highest BCUT2D eigenvalue weighted by Crippen LogP contribution is 2.20. The summed E-state index contributed by atoms with van der Waals surface area (Å²) in [4.78, 5) is 29.5. The van der Waals surface area contributed by atoms with Crippen LogP contribution in [0, 0.1) is 5.92 Å². The minimum atomic E-state index is -0.235. The molecule has 0 unspecified atom stereocenters. The van der Waals surface area contributed by atoms with Crippen LogP contribution in [0.5, 0.6) is 0 Å². The number of rotatable bonds is 2. The number of amides is 1. The predicted molar refractivity (Wildman–Crippen MR) is 93.0 cm³/mol. The highest BCUT2D eigenvalue weighted by Gasteiger charge is 2.35. The monoisotopic (exact) mass is 342 g/mol. The molecule has 1 N–H and O–H groups in total. The highest BCUT2D eigenvalue weighted by molar-refractivity contribution is 5.92. The molecule has 3 heterocycles. The number of aromatic nitrogens is 2. The number of carbonyl (C=O) groups excluding carboxylic acids is 1. The van der Waals surface area contributed by atoms with E-state index in [2.05, 4.69) is 17.0 Å². The Morgan fingerprint density at radius 3 is 2.76 bits per heavy atom. The fourth-order valence-corrected chi connectivity index (χ4v) is 3.76. The van der Waals surface area contributed by atoms with Gasteiger partial charge in [-0.15, -0.1) is 0 Å². The standard InChI is InChI=1S/C18H22N4O3/c1-20-8-13-9-21(15(10-20)12-25-11-13)18(24)16-7-17(23)22(19-16)14-5-3-2-4-6-14/h2-7,13,15,19H,8-12H2,1H3/t13-,15-/m0/s1. The molecule has 2 atom stereocenters. The van der Waals surface area contributed by atoms with Crippen molar-refractivity contribution >= 4 is 5.91 Å². The molecule has 0 spiro atoms. The number of fused-ring (bicyclic) bond motifs is 3. The Kier molecular flexibility index (Phi) is 4.19. The van der Waals surface area contributed by atoms with Gasteiger partial charge in [-0.25, -0.2) is 4.68 Å². The summed E-state index contributed by atoms with van der Waals surface area (Å²) >= 11 is 0. The largest absolute Gasteiger partial charge is 0.379 e. The molecule has 2 fully saturated rings. The van der Waals surface area contributed by atoms with Gasteiger partial charge in [0.25, 0.3) is 11.5 Å². The molecule has 7 heteroatoms. The summed E-state index contributed by atoms with van der Waals surface area (Å²) in [5.41, 5.74) is 0.800. The van der Waals surface area contributed by atoms with E-state index < -0.39 is 0 Å². The molecule has 132 valence electrons. The molecule has 2 saturated heterocycles. The zero-order valence-corrected chi connectivity index (χ0v) is 14.2. The van der Waals surface area contributed by atoms with Gasteiger partial charge in [0.15, 0.2) is 0 Å². The summed E-state index contributed by atoms with van der Waals surface area (Å²) in [5.74, 6) is 0.159. The Morgan fingerprint density at radius 1 is 1.16 bits per heavy atom. The summed E-state index contributed by atoms with van der Waals surface area (Å²) in [6.07, 6.45) is 0. The van der Waals surface area contributed by atoms with E-state index in [1.165, 1.54) is 10.7 Å². The lowest BCUT2D eigenvalue weighted by molar-refractivity contribution is 0.0480. The number of nitrogens with zero attached hydrogens (tertiary/aromatic N) is 3. The van der Waals surface area contributed by atoms with Crippen LogP contribution < -0.4 is 5.56 Å². The minimum Gasteiger partial charge on any atom is -0.379 e. The number of hydrogen-bond acceptors (Lipinski definition) is 4. The molecule has 4 rings (SSSR count). The fraction of sp³-hybridized carbons (Fsp3) is 0.444. The maximum atomic E-state index is 13.1. The van der Waals surface area contributed by atoms with Crippen molar-refractivity contribution in [3.63, 3.8) is 0 Å². The van der Waals surface area contributed by atoms with Crippen molar-refractivity contribution in [2.24, 2.45) is 5.92 Å². The first kappa shape index (κ1) is 16.1. The lowest BCUT2D eigenvalue weighted by Crippen LogP contribution is -2.46. The topological polar surface area (TPSA) is 70.6 Å². The van der Waals surface area contributed by atoms with Gasteiger partial charge in [0, 0.05) is 31.6 Å². The van der Waals surface area contributed by atoms with E-state index in [1.807, 2.05) is 35.2 Å². The third-order valence-corrected chi connectivity index (χ3v) is 4.88. The van der Waals surface area contributed by atoms with Crippen LogP contribution in [0.3, 0.4) is 0 Å². The molecule has 2 aromatic rings. The Labute approximate surface area is 145 Å². The van der Waals surface area contributed by atoms with Gasteiger partial charge in [-0.05, 0) is 19.2 Å². The average Bonchev–Trinajstić information content (AvgIpc) is 2.77. The van der Waals surface area contributed by atoms with Crippen LogP contribution >= 0.6 is 0 Å². The van der Waals surface area contributed by atoms with Crippen molar-refractivity contribution in [1.82, 2.24) is 19.6 Å². The van der Waals surface area contributed by atoms with Crippen molar-refractivity contribution in [2.45, 2.75) is 6.04 Å². The summed E-state index contributed by atoms with van der Waals surface area (Å²) in [7, 11) is 2.08. The second-order valence-electron chi connectivity index (χ2n) is 6.92. The SMILES string of the molecule is CN1C[C@@H]2COC[C@H](C1)N(C(=O)c1cc(=O)n(-c3ccccc3)[nH]1)C2. The molecule has 0 saturated carbocycles. The number of benzene rings is 1. The first-order valence-corrected chi connectivity index (χ1v) is 8.56. The van der Waals surface area contributed by atoms with Crippen molar-refractivity contribution in [3.8, 4) is 5.69 Å². The zero-order chi connectivity index (χ0) is 17.4. The Bertz CT molecular complexity index is 813. The van der Waals surface area contributed by atoms with Crippen LogP contribution in [0.4, 0.5) is 0 Å². The van der Waals surface area contributed by atoms with E-state index in [9.17, 15) is 9.59 Å². The number of H-pyrrole nitrogens is 1. The number of aromatic amines is 1. The number of ether oxygens (including phenoxy) is 1. The van der Waals surface area contributed by atoms with Crippen molar-refractivity contribution < 1.29 is 9.53 Å². The van der Waals surface area contributed by atoms with E-state index in [0.29, 0.717) is 37.1 Å². The Morgan fingerprint density at radius 2 is 1.96 bits per heavy atom. The van der Waals surface area contributed by atoms with Crippen LogP contribution in [0.2, 0.25) is 0 Å². The van der Waals surface area contributed by atoms with Gasteiger partial charge in [0.05, 0.1) is 24.9 Å². The molecule has 0 aliphatic carbocycles. The van der Waals surface area contributed by atoms with Gasteiger partial charge in [-0.3, -0.25) is 14.7 Å². The lowest BCUT2D eigenvalue weighted by atomic mass is 10.1. The average molecular weight is 342 g/mol. The third kappa shape index (κ3) is 3.12. The van der Waals surface area contributed by atoms with Crippen LogP contribution in [0.15, 0.2) is 41.2 Å². The molecular weight excluding hydrogens is 320 g/mol. The van der Waals surface area contributed by atoms with Crippen molar-refractivity contribution in [1.29, 1.82) is 0 Å². The van der Waals surface area contributed by atoms with E-state index in [0.717, 1.165) is 13.1 Å². The molecule has 0 radical (unpaired) electrons. The lowest BCUT2D eigenvalue weighted by Gasteiger charge is -2.29. The summed E-state index contributed by atoms with van der Waals surface area (Å²) in [6, 6.07) is 10.6. The van der Waals surface area contributed by atoms with Crippen molar-refractivity contribution in [3.05, 3.63) is 52.4 Å². The summed E-state index contributed by atoms with van der Waals surface area (Å²) in [6.45, 7) is 3.57. The Hall–Kier alpha value is -2.38. The first-order chi connectivity index (χ1) is 12.1. The fourth-order valence-electron chi connectivity index (χ4n) is 3.76. The van der Waals surface area contributed by atoms with E-state index in [1.54, 1.807) is 0 Å². The molecule has 2 aliphatic rings. The van der Waals surface area contributed by atoms with E-state index >= 15 is 0 Å². The quantitative estimate of drug-likeness (QED) is 0.866. The zero-order valence-electron chi connectivity index (χ0n) is 14.2.